The Bertz CT molecular complexity index is 518. The van der Waals surface area contributed by atoms with Crippen molar-refractivity contribution in [3.63, 3.8) is 0 Å². The molecule has 0 unspecified atom stereocenters. The van der Waals surface area contributed by atoms with Gasteiger partial charge in [-0.25, -0.2) is 0 Å². The maximum Gasteiger partial charge on any atom is 0.00445 e. The summed E-state index contributed by atoms with van der Waals surface area (Å²) in [6, 6.07) is 16.2. The van der Waals surface area contributed by atoms with Crippen LogP contribution in [0.25, 0.3) is 10.8 Å². The van der Waals surface area contributed by atoms with Crippen molar-refractivity contribution >= 4 is 10.8 Å². The molecule has 2 atom stereocenters. The molecule has 0 spiro atoms. The summed E-state index contributed by atoms with van der Waals surface area (Å²) >= 11 is 0. The first-order valence-electron chi connectivity index (χ1n) is 6.55. The fourth-order valence-corrected chi connectivity index (χ4v) is 2.90. The quantitative estimate of drug-likeness (QED) is 0.780. The molecule has 0 amide bonds. The van der Waals surface area contributed by atoms with Gasteiger partial charge in [0, 0.05) is 6.04 Å². The topological polar surface area (TPSA) is 12.0 Å². The molecule has 88 valence electrons. The highest BCUT2D eigenvalue weighted by atomic mass is 14.9. The molecule has 1 heteroatoms. The van der Waals surface area contributed by atoms with Crippen molar-refractivity contribution in [3.05, 3.63) is 48.0 Å². The third-order valence-electron chi connectivity index (χ3n) is 3.87. The van der Waals surface area contributed by atoms with Crippen LogP contribution in [-0.2, 0) is 0 Å². The predicted octanol–water partition coefficient (Wildman–Crippen LogP) is 3.70. The van der Waals surface area contributed by atoms with Gasteiger partial charge in [0.05, 0.1) is 0 Å². The van der Waals surface area contributed by atoms with Crippen LogP contribution in [0.5, 0.6) is 0 Å². The Morgan fingerprint density at radius 1 is 1.06 bits per heavy atom. The van der Waals surface area contributed by atoms with Gasteiger partial charge in [-0.1, -0.05) is 42.5 Å². The molecule has 1 saturated heterocycles. The summed E-state index contributed by atoms with van der Waals surface area (Å²) in [5, 5.41) is 6.24. The lowest BCUT2D eigenvalue weighted by molar-refractivity contribution is 0.381. The van der Waals surface area contributed by atoms with Crippen LogP contribution in [0.4, 0.5) is 0 Å². The lowest BCUT2D eigenvalue weighted by Crippen LogP contribution is -2.34. The van der Waals surface area contributed by atoms with Crippen molar-refractivity contribution in [2.45, 2.75) is 31.7 Å². The van der Waals surface area contributed by atoms with Gasteiger partial charge in [0.15, 0.2) is 0 Å². The van der Waals surface area contributed by atoms with Crippen LogP contribution in [0.15, 0.2) is 42.5 Å². The number of rotatable bonds is 1. The Hall–Kier alpha value is -1.34. The molecule has 1 heterocycles. The minimum atomic E-state index is 0.653. The third kappa shape index (κ3) is 2.20. The normalized spacial score (nSPS) is 25.0. The fourth-order valence-electron chi connectivity index (χ4n) is 2.90. The summed E-state index contributed by atoms with van der Waals surface area (Å²) in [7, 11) is 0. The summed E-state index contributed by atoms with van der Waals surface area (Å²) in [5.74, 6) is 0.732. The standard InChI is InChI=1S/C16H19N/c1-12-10-16(8-9-17-12)15-7-6-13-4-2-3-5-14(13)11-15/h2-7,11-12,16-17H,8-10H2,1H3/t12-,16+/m1/s1. The molecule has 0 radical (unpaired) electrons. The van der Waals surface area contributed by atoms with Gasteiger partial charge in [-0.05, 0) is 48.6 Å². The van der Waals surface area contributed by atoms with Crippen molar-refractivity contribution in [2.24, 2.45) is 0 Å². The van der Waals surface area contributed by atoms with Gasteiger partial charge < -0.3 is 5.32 Å². The van der Waals surface area contributed by atoms with E-state index in [4.69, 9.17) is 0 Å². The van der Waals surface area contributed by atoms with E-state index in [1.165, 1.54) is 29.2 Å². The Labute approximate surface area is 103 Å². The van der Waals surface area contributed by atoms with Crippen LogP contribution >= 0.6 is 0 Å². The van der Waals surface area contributed by atoms with E-state index in [1.54, 1.807) is 0 Å². The number of nitrogens with one attached hydrogen (secondary N) is 1. The smallest absolute Gasteiger partial charge is 0.00445 e. The van der Waals surface area contributed by atoms with E-state index in [0.717, 1.165) is 12.5 Å². The highest BCUT2D eigenvalue weighted by Gasteiger charge is 2.19. The van der Waals surface area contributed by atoms with Crippen molar-refractivity contribution in [1.29, 1.82) is 0 Å². The van der Waals surface area contributed by atoms with E-state index in [1.807, 2.05) is 0 Å². The van der Waals surface area contributed by atoms with Crippen molar-refractivity contribution < 1.29 is 0 Å². The second-order valence-electron chi connectivity index (χ2n) is 5.18. The van der Waals surface area contributed by atoms with Gasteiger partial charge in [0.1, 0.15) is 0 Å². The van der Waals surface area contributed by atoms with Gasteiger partial charge in [0.2, 0.25) is 0 Å². The number of hydrogen-bond acceptors (Lipinski definition) is 1. The maximum atomic E-state index is 3.52. The molecule has 1 fully saturated rings. The molecule has 0 saturated carbocycles. The summed E-state index contributed by atoms with van der Waals surface area (Å²) < 4.78 is 0. The zero-order valence-electron chi connectivity index (χ0n) is 10.3. The summed E-state index contributed by atoms with van der Waals surface area (Å²) in [5.41, 5.74) is 1.51. The third-order valence-corrected chi connectivity index (χ3v) is 3.87. The Balaban J connectivity index is 1.94. The van der Waals surface area contributed by atoms with Crippen LogP contribution in [0.1, 0.15) is 31.2 Å². The van der Waals surface area contributed by atoms with Gasteiger partial charge in [0.25, 0.3) is 0 Å². The van der Waals surface area contributed by atoms with Crippen molar-refractivity contribution in [2.75, 3.05) is 6.54 Å². The molecule has 1 N–H and O–H groups in total. The number of piperidine rings is 1. The number of fused-ring (bicyclic) bond motifs is 1. The van der Waals surface area contributed by atoms with E-state index in [2.05, 4.69) is 54.7 Å². The average Bonchev–Trinajstić information content (AvgIpc) is 2.38. The number of benzene rings is 2. The molecular weight excluding hydrogens is 206 g/mol. The minimum absolute atomic E-state index is 0.653. The molecule has 1 aliphatic rings. The molecule has 2 aromatic carbocycles. The van der Waals surface area contributed by atoms with Crippen LogP contribution in [0.2, 0.25) is 0 Å². The predicted molar refractivity (Wildman–Crippen MR) is 73.4 cm³/mol. The zero-order chi connectivity index (χ0) is 11.7. The van der Waals surface area contributed by atoms with Gasteiger partial charge in [-0.15, -0.1) is 0 Å². The summed E-state index contributed by atoms with van der Waals surface area (Å²) in [6.07, 6.45) is 2.53. The largest absolute Gasteiger partial charge is 0.314 e. The highest BCUT2D eigenvalue weighted by molar-refractivity contribution is 5.83. The van der Waals surface area contributed by atoms with E-state index >= 15 is 0 Å². The van der Waals surface area contributed by atoms with Crippen molar-refractivity contribution in [3.8, 4) is 0 Å². The first kappa shape index (κ1) is 10.8. The molecule has 0 aliphatic carbocycles. The number of hydrogen-bond donors (Lipinski definition) is 1. The minimum Gasteiger partial charge on any atom is -0.314 e. The average molecular weight is 225 g/mol. The Morgan fingerprint density at radius 3 is 2.71 bits per heavy atom. The fraction of sp³-hybridized carbons (Fsp3) is 0.375. The van der Waals surface area contributed by atoms with E-state index in [0.29, 0.717) is 6.04 Å². The highest BCUT2D eigenvalue weighted by Crippen LogP contribution is 2.29. The maximum absolute atomic E-state index is 3.52. The monoisotopic (exact) mass is 225 g/mol. The second-order valence-corrected chi connectivity index (χ2v) is 5.18. The molecule has 3 rings (SSSR count). The van der Waals surface area contributed by atoms with Gasteiger partial charge in [-0.3, -0.25) is 0 Å². The first-order chi connectivity index (χ1) is 8.33. The van der Waals surface area contributed by atoms with Crippen LogP contribution in [0.3, 0.4) is 0 Å². The van der Waals surface area contributed by atoms with Crippen LogP contribution in [0, 0.1) is 0 Å². The molecular formula is C16H19N. The van der Waals surface area contributed by atoms with Gasteiger partial charge >= 0.3 is 0 Å². The molecule has 0 bridgehead atoms. The van der Waals surface area contributed by atoms with Crippen molar-refractivity contribution in [1.82, 2.24) is 5.32 Å². The Kier molecular flexibility index (Phi) is 2.86. The Morgan fingerprint density at radius 2 is 1.88 bits per heavy atom. The molecule has 1 nitrogen and oxygen atoms in total. The van der Waals surface area contributed by atoms with E-state index in [9.17, 15) is 0 Å². The van der Waals surface area contributed by atoms with Crippen LogP contribution in [-0.4, -0.2) is 12.6 Å². The summed E-state index contributed by atoms with van der Waals surface area (Å²) in [4.78, 5) is 0. The first-order valence-corrected chi connectivity index (χ1v) is 6.55. The van der Waals surface area contributed by atoms with Crippen LogP contribution < -0.4 is 5.32 Å². The lowest BCUT2D eigenvalue weighted by Gasteiger charge is -2.28. The second kappa shape index (κ2) is 4.50. The molecule has 2 aromatic rings. The van der Waals surface area contributed by atoms with E-state index in [-0.39, 0.29) is 0 Å². The molecule has 1 aliphatic heterocycles. The summed E-state index contributed by atoms with van der Waals surface area (Å²) in [6.45, 7) is 3.44. The molecule has 17 heavy (non-hydrogen) atoms. The SMILES string of the molecule is C[C@@H]1C[C@@H](c2ccc3ccccc3c2)CCN1. The van der Waals surface area contributed by atoms with E-state index < -0.39 is 0 Å². The van der Waals surface area contributed by atoms with Gasteiger partial charge in [-0.2, -0.15) is 0 Å². The lowest BCUT2D eigenvalue weighted by atomic mass is 9.86. The molecule has 0 aromatic heterocycles. The zero-order valence-corrected chi connectivity index (χ0v) is 10.3.